The molecular weight excluding hydrogens is 322 g/mol. The third kappa shape index (κ3) is 2.30. The van der Waals surface area contributed by atoms with Crippen LogP contribution < -0.4 is 5.73 Å². The highest BCUT2D eigenvalue weighted by atomic mass is 79.9. The number of imidazole rings is 1. The van der Waals surface area contributed by atoms with Crippen LogP contribution in [0.25, 0.3) is 11.3 Å². The van der Waals surface area contributed by atoms with Crippen molar-refractivity contribution in [3.05, 3.63) is 39.2 Å². The molecule has 0 fully saturated rings. The molecule has 3 nitrogen and oxygen atoms in total. The molecular formula is C10H9Br2N3. The van der Waals surface area contributed by atoms with E-state index < -0.39 is 0 Å². The van der Waals surface area contributed by atoms with Crippen LogP contribution in [-0.2, 0) is 6.54 Å². The van der Waals surface area contributed by atoms with E-state index in [2.05, 4.69) is 41.8 Å². The molecule has 3 N–H and O–H groups in total. The minimum absolute atomic E-state index is 0.445. The molecule has 0 aliphatic carbocycles. The van der Waals surface area contributed by atoms with Gasteiger partial charge in [0.05, 0.1) is 11.4 Å². The molecule has 0 bridgehead atoms. The molecule has 15 heavy (non-hydrogen) atoms. The average Bonchev–Trinajstić information content (AvgIpc) is 2.59. The topological polar surface area (TPSA) is 54.7 Å². The van der Waals surface area contributed by atoms with Crippen LogP contribution >= 0.6 is 31.9 Å². The number of benzene rings is 1. The Morgan fingerprint density at radius 1 is 1.33 bits per heavy atom. The van der Waals surface area contributed by atoms with Crippen LogP contribution in [0.15, 0.2) is 33.5 Å². The number of halogens is 2. The fraction of sp³-hybridized carbons (Fsp3) is 0.100. The predicted octanol–water partition coefficient (Wildman–Crippen LogP) is 3.06. The molecule has 2 rings (SSSR count). The number of aromatic amines is 1. The molecule has 1 aromatic heterocycles. The van der Waals surface area contributed by atoms with E-state index in [1.807, 2.05) is 24.3 Å². The molecule has 0 spiro atoms. The Balaban J connectivity index is 2.53. The van der Waals surface area contributed by atoms with Gasteiger partial charge in [-0.1, -0.05) is 28.1 Å². The van der Waals surface area contributed by atoms with Crippen molar-refractivity contribution in [3.8, 4) is 11.3 Å². The lowest BCUT2D eigenvalue weighted by molar-refractivity contribution is 1.01. The number of hydrogen-bond acceptors (Lipinski definition) is 2. The van der Waals surface area contributed by atoms with Gasteiger partial charge in [0, 0.05) is 16.6 Å². The number of nitrogens with zero attached hydrogens (tertiary/aromatic N) is 1. The fourth-order valence-electron chi connectivity index (χ4n) is 1.40. The Morgan fingerprint density at radius 3 is 2.80 bits per heavy atom. The zero-order valence-electron chi connectivity index (χ0n) is 7.80. The molecule has 1 heterocycles. The van der Waals surface area contributed by atoms with Crippen molar-refractivity contribution < 1.29 is 0 Å². The number of nitrogens with one attached hydrogen (secondary N) is 1. The molecule has 0 atom stereocenters. The average molecular weight is 331 g/mol. The maximum atomic E-state index is 5.64. The van der Waals surface area contributed by atoms with Crippen molar-refractivity contribution >= 4 is 31.9 Å². The summed E-state index contributed by atoms with van der Waals surface area (Å²) in [5.41, 5.74) is 8.51. The molecule has 78 valence electrons. The van der Waals surface area contributed by atoms with E-state index in [9.17, 15) is 0 Å². The summed E-state index contributed by atoms with van der Waals surface area (Å²) in [5, 5.41) is 0. The van der Waals surface area contributed by atoms with Crippen molar-refractivity contribution in [1.29, 1.82) is 0 Å². The standard InChI is InChI=1S/C10H9Br2N3/c11-7-3-1-2-6(4-7)9-8(5-13)14-10(12)15-9/h1-4H,5,13H2,(H,14,15). The molecule has 0 aliphatic heterocycles. The van der Waals surface area contributed by atoms with Gasteiger partial charge in [-0.2, -0.15) is 0 Å². The number of aromatic nitrogens is 2. The third-order valence-electron chi connectivity index (χ3n) is 2.05. The molecule has 0 radical (unpaired) electrons. The first-order valence-electron chi connectivity index (χ1n) is 4.41. The molecule has 0 unspecified atom stereocenters. The highest BCUT2D eigenvalue weighted by molar-refractivity contribution is 9.10. The highest BCUT2D eigenvalue weighted by Gasteiger charge is 2.09. The minimum atomic E-state index is 0.445. The summed E-state index contributed by atoms with van der Waals surface area (Å²) < 4.78 is 1.74. The molecule has 0 amide bonds. The summed E-state index contributed by atoms with van der Waals surface area (Å²) >= 11 is 6.74. The normalized spacial score (nSPS) is 10.6. The Labute approximate surface area is 104 Å². The lowest BCUT2D eigenvalue weighted by Crippen LogP contribution is -1.98. The molecule has 5 heteroatoms. The van der Waals surface area contributed by atoms with E-state index in [0.717, 1.165) is 21.4 Å². The second kappa shape index (κ2) is 4.47. The molecule has 0 aliphatic rings. The monoisotopic (exact) mass is 329 g/mol. The maximum absolute atomic E-state index is 5.64. The summed E-state index contributed by atoms with van der Waals surface area (Å²) in [4.78, 5) is 7.43. The van der Waals surface area contributed by atoms with Crippen LogP contribution in [0.1, 0.15) is 5.69 Å². The van der Waals surface area contributed by atoms with Gasteiger partial charge in [-0.25, -0.2) is 4.98 Å². The lowest BCUT2D eigenvalue weighted by atomic mass is 10.1. The summed E-state index contributed by atoms with van der Waals surface area (Å²) in [5.74, 6) is 0. The third-order valence-corrected chi connectivity index (χ3v) is 2.92. The van der Waals surface area contributed by atoms with Gasteiger partial charge in [0.25, 0.3) is 0 Å². The van der Waals surface area contributed by atoms with E-state index in [4.69, 9.17) is 5.73 Å². The second-order valence-corrected chi connectivity index (χ2v) is 4.74. The van der Waals surface area contributed by atoms with Crippen LogP contribution in [0.2, 0.25) is 0 Å². The molecule has 0 saturated heterocycles. The van der Waals surface area contributed by atoms with Gasteiger partial charge in [0.1, 0.15) is 0 Å². The second-order valence-electron chi connectivity index (χ2n) is 3.07. The van der Waals surface area contributed by atoms with Crippen LogP contribution in [0.5, 0.6) is 0 Å². The largest absolute Gasteiger partial charge is 0.335 e. The van der Waals surface area contributed by atoms with E-state index in [-0.39, 0.29) is 0 Å². The summed E-state index contributed by atoms with van der Waals surface area (Å²) in [6.45, 7) is 0.445. The first-order chi connectivity index (χ1) is 7.20. The predicted molar refractivity (Wildman–Crippen MR) is 67.3 cm³/mol. The lowest BCUT2D eigenvalue weighted by Gasteiger charge is -2.00. The van der Waals surface area contributed by atoms with Gasteiger partial charge in [-0.15, -0.1) is 0 Å². The first kappa shape index (κ1) is 10.9. The minimum Gasteiger partial charge on any atom is -0.335 e. The summed E-state index contributed by atoms with van der Waals surface area (Å²) in [7, 11) is 0. The number of nitrogens with two attached hydrogens (primary N) is 1. The first-order valence-corrected chi connectivity index (χ1v) is 5.99. The number of rotatable bonds is 2. The van der Waals surface area contributed by atoms with E-state index >= 15 is 0 Å². The molecule has 2 aromatic rings. The van der Waals surface area contributed by atoms with Crippen LogP contribution in [0, 0.1) is 0 Å². The van der Waals surface area contributed by atoms with Gasteiger partial charge in [-0.3, -0.25) is 0 Å². The summed E-state index contributed by atoms with van der Waals surface area (Å²) in [6.07, 6.45) is 0. The zero-order chi connectivity index (χ0) is 10.8. The quantitative estimate of drug-likeness (QED) is 0.889. The van der Waals surface area contributed by atoms with Crippen molar-refractivity contribution in [2.75, 3.05) is 0 Å². The van der Waals surface area contributed by atoms with Crippen molar-refractivity contribution in [3.63, 3.8) is 0 Å². The van der Waals surface area contributed by atoms with Gasteiger partial charge in [0.15, 0.2) is 4.73 Å². The Hall–Kier alpha value is -0.650. The van der Waals surface area contributed by atoms with Gasteiger partial charge in [0.2, 0.25) is 0 Å². The van der Waals surface area contributed by atoms with Gasteiger partial charge < -0.3 is 10.7 Å². The summed E-state index contributed by atoms with van der Waals surface area (Å²) in [6, 6.07) is 7.98. The molecule has 1 aromatic carbocycles. The van der Waals surface area contributed by atoms with Crippen molar-refractivity contribution in [2.24, 2.45) is 5.73 Å². The maximum Gasteiger partial charge on any atom is 0.175 e. The Morgan fingerprint density at radius 2 is 2.13 bits per heavy atom. The van der Waals surface area contributed by atoms with E-state index in [0.29, 0.717) is 11.3 Å². The van der Waals surface area contributed by atoms with E-state index in [1.165, 1.54) is 0 Å². The fourth-order valence-corrected chi connectivity index (χ4v) is 2.22. The van der Waals surface area contributed by atoms with E-state index in [1.54, 1.807) is 0 Å². The highest BCUT2D eigenvalue weighted by Crippen LogP contribution is 2.25. The Kier molecular flexibility index (Phi) is 3.23. The zero-order valence-corrected chi connectivity index (χ0v) is 11.0. The smallest absolute Gasteiger partial charge is 0.175 e. The SMILES string of the molecule is NCc1[nH]c(Br)nc1-c1cccc(Br)c1. The van der Waals surface area contributed by atoms with Crippen molar-refractivity contribution in [1.82, 2.24) is 9.97 Å². The van der Waals surface area contributed by atoms with Crippen LogP contribution in [0.4, 0.5) is 0 Å². The van der Waals surface area contributed by atoms with Gasteiger partial charge >= 0.3 is 0 Å². The number of H-pyrrole nitrogens is 1. The molecule has 0 saturated carbocycles. The Bertz CT molecular complexity index is 479. The van der Waals surface area contributed by atoms with Gasteiger partial charge in [-0.05, 0) is 28.1 Å². The number of hydrogen-bond donors (Lipinski definition) is 2. The van der Waals surface area contributed by atoms with Crippen LogP contribution in [0.3, 0.4) is 0 Å². The van der Waals surface area contributed by atoms with Crippen LogP contribution in [-0.4, -0.2) is 9.97 Å². The van der Waals surface area contributed by atoms with Crippen molar-refractivity contribution in [2.45, 2.75) is 6.54 Å².